The van der Waals surface area contributed by atoms with Gasteiger partial charge >= 0.3 is 0 Å². The molecule has 3 rings (SSSR count). The fourth-order valence-corrected chi connectivity index (χ4v) is 4.76. The highest BCUT2D eigenvalue weighted by atomic mass is 32.2. The normalized spacial score (nSPS) is 12.6. The van der Waals surface area contributed by atoms with E-state index in [1.54, 1.807) is 50.2 Å². The summed E-state index contributed by atoms with van der Waals surface area (Å²) < 4.78 is 56.6. The molecule has 0 spiro atoms. The summed E-state index contributed by atoms with van der Waals surface area (Å²) in [6, 6.07) is 15.9. The van der Waals surface area contributed by atoms with E-state index in [0.717, 1.165) is 15.9 Å². The molecule has 0 amide bonds. The van der Waals surface area contributed by atoms with Gasteiger partial charge in [-0.3, -0.25) is 4.31 Å². The first-order chi connectivity index (χ1) is 13.2. The van der Waals surface area contributed by atoms with Gasteiger partial charge in [0.05, 0.1) is 16.6 Å². The average Bonchev–Trinajstić information content (AvgIpc) is 2.64. The van der Waals surface area contributed by atoms with Crippen LogP contribution in [0.3, 0.4) is 0 Å². The lowest BCUT2D eigenvalue weighted by Gasteiger charge is -2.31. The Hall–Kier alpha value is -2.73. The molecule has 0 saturated heterocycles. The first kappa shape index (κ1) is 20.0. The van der Waals surface area contributed by atoms with Crippen LogP contribution in [0.1, 0.15) is 29.7 Å². The van der Waals surface area contributed by atoms with Crippen molar-refractivity contribution in [2.75, 3.05) is 4.31 Å². The average molecular weight is 401 g/mol. The zero-order valence-corrected chi connectivity index (χ0v) is 16.7. The lowest BCUT2D eigenvalue weighted by atomic mass is 10.1. The zero-order valence-electron chi connectivity index (χ0n) is 15.9. The molecule has 0 heterocycles. The van der Waals surface area contributed by atoms with Crippen molar-refractivity contribution in [3.05, 3.63) is 95.1 Å². The number of halogens is 2. The van der Waals surface area contributed by atoms with Crippen molar-refractivity contribution >= 4 is 15.7 Å². The molecule has 0 aliphatic heterocycles. The summed E-state index contributed by atoms with van der Waals surface area (Å²) in [7, 11) is -4.15. The molecule has 3 aromatic rings. The van der Waals surface area contributed by atoms with Crippen molar-refractivity contribution in [3.63, 3.8) is 0 Å². The van der Waals surface area contributed by atoms with E-state index in [4.69, 9.17) is 0 Å². The van der Waals surface area contributed by atoms with Crippen molar-refractivity contribution in [2.24, 2.45) is 0 Å². The topological polar surface area (TPSA) is 37.4 Å². The highest BCUT2D eigenvalue weighted by molar-refractivity contribution is 7.92. The number of nitrogens with zero attached hydrogens (tertiary/aromatic N) is 1. The van der Waals surface area contributed by atoms with E-state index < -0.39 is 27.7 Å². The van der Waals surface area contributed by atoms with Crippen LogP contribution < -0.4 is 4.31 Å². The fourth-order valence-electron chi connectivity index (χ4n) is 3.12. The quantitative estimate of drug-likeness (QED) is 0.563. The second-order valence-corrected chi connectivity index (χ2v) is 8.56. The van der Waals surface area contributed by atoms with E-state index >= 15 is 0 Å². The van der Waals surface area contributed by atoms with Crippen LogP contribution in [0.15, 0.2) is 71.6 Å². The van der Waals surface area contributed by atoms with Crippen LogP contribution >= 0.6 is 0 Å². The summed E-state index contributed by atoms with van der Waals surface area (Å²) in [6.45, 7) is 5.02. The molecule has 0 saturated carbocycles. The highest BCUT2D eigenvalue weighted by Gasteiger charge is 2.32. The van der Waals surface area contributed by atoms with Crippen LogP contribution in [0.4, 0.5) is 14.5 Å². The van der Waals surface area contributed by atoms with Crippen LogP contribution in [0, 0.1) is 25.5 Å². The Morgan fingerprint density at radius 2 is 1.57 bits per heavy atom. The lowest BCUT2D eigenvalue weighted by molar-refractivity contribution is 0.566. The SMILES string of the molecule is Cc1cccc(N([C@H](C)c2ccccc2F)S(=O)(=O)c2ccc(C)c(F)c2)c1. The molecule has 3 nitrogen and oxygen atoms in total. The van der Waals surface area contributed by atoms with Gasteiger partial charge in [-0.2, -0.15) is 0 Å². The van der Waals surface area contributed by atoms with Gasteiger partial charge in [0.15, 0.2) is 0 Å². The van der Waals surface area contributed by atoms with Gasteiger partial charge in [0.25, 0.3) is 10.0 Å². The molecule has 0 N–H and O–H groups in total. The number of rotatable bonds is 5. The second kappa shape index (κ2) is 7.72. The molecule has 1 atom stereocenters. The standard InChI is InChI=1S/C22H21F2NO2S/c1-15-7-6-8-18(13-15)25(17(3)20-9-4-5-10-21(20)23)28(26,27)19-12-11-16(2)22(24)14-19/h4-14,17H,1-3H3/t17-/m1/s1. The second-order valence-electron chi connectivity index (χ2n) is 6.75. The molecule has 0 radical (unpaired) electrons. The van der Waals surface area contributed by atoms with E-state index in [2.05, 4.69) is 0 Å². The zero-order chi connectivity index (χ0) is 20.5. The predicted molar refractivity (Wildman–Crippen MR) is 107 cm³/mol. The van der Waals surface area contributed by atoms with Crippen LogP contribution in [0.5, 0.6) is 0 Å². The number of hydrogen-bond donors (Lipinski definition) is 0. The molecule has 0 aliphatic rings. The lowest BCUT2D eigenvalue weighted by Crippen LogP contribution is -2.34. The molecular formula is C22H21F2NO2S. The van der Waals surface area contributed by atoms with E-state index in [1.165, 1.54) is 18.2 Å². The van der Waals surface area contributed by atoms with Crippen molar-refractivity contribution in [3.8, 4) is 0 Å². The van der Waals surface area contributed by atoms with Crippen LogP contribution in [-0.2, 0) is 10.0 Å². The summed E-state index contributed by atoms with van der Waals surface area (Å²) in [6.07, 6.45) is 0. The number of benzene rings is 3. The molecule has 28 heavy (non-hydrogen) atoms. The maximum Gasteiger partial charge on any atom is 0.264 e. The van der Waals surface area contributed by atoms with E-state index in [1.807, 2.05) is 13.0 Å². The summed E-state index contributed by atoms with van der Waals surface area (Å²) in [4.78, 5) is -0.180. The van der Waals surface area contributed by atoms with Crippen LogP contribution in [0.2, 0.25) is 0 Å². The van der Waals surface area contributed by atoms with Crippen molar-refractivity contribution in [1.29, 1.82) is 0 Å². The summed E-state index contributed by atoms with van der Waals surface area (Å²) in [5, 5.41) is 0. The molecule has 3 aromatic carbocycles. The largest absolute Gasteiger partial charge is 0.264 e. The van der Waals surface area contributed by atoms with Gasteiger partial charge < -0.3 is 0 Å². The molecule has 6 heteroatoms. The minimum absolute atomic E-state index is 0.180. The van der Waals surface area contributed by atoms with Gasteiger partial charge in [-0.25, -0.2) is 17.2 Å². The third kappa shape index (κ3) is 3.78. The Morgan fingerprint density at radius 1 is 0.857 bits per heavy atom. The number of anilines is 1. The van der Waals surface area contributed by atoms with E-state index in [9.17, 15) is 17.2 Å². The van der Waals surface area contributed by atoms with Gasteiger partial charge in [-0.05, 0) is 62.2 Å². The third-order valence-corrected chi connectivity index (χ3v) is 6.56. The first-order valence-electron chi connectivity index (χ1n) is 8.83. The van der Waals surface area contributed by atoms with Crippen LogP contribution in [-0.4, -0.2) is 8.42 Å². The van der Waals surface area contributed by atoms with Crippen molar-refractivity contribution in [1.82, 2.24) is 0 Å². The number of hydrogen-bond acceptors (Lipinski definition) is 2. The predicted octanol–water partition coefficient (Wildman–Crippen LogP) is 5.54. The maximum atomic E-state index is 14.4. The molecule has 0 aromatic heterocycles. The Kier molecular flexibility index (Phi) is 5.52. The van der Waals surface area contributed by atoms with Gasteiger partial charge in [0.1, 0.15) is 11.6 Å². The summed E-state index contributed by atoms with van der Waals surface area (Å²) in [5.41, 5.74) is 1.83. The minimum Gasteiger partial charge on any atom is -0.259 e. The van der Waals surface area contributed by atoms with Crippen LogP contribution in [0.25, 0.3) is 0 Å². The Balaban J connectivity index is 2.21. The molecule has 0 fully saturated rings. The Bertz CT molecular complexity index is 1110. The van der Waals surface area contributed by atoms with Gasteiger partial charge in [0, 0.05) is 5.56 Å². The molecule has 146 valence electrons. The summed E-state index contributed by atoms with van der Waals surface area (Å²) in [5.74, 6) is -1.11. The van der Waals surface area contributed by atoms with Gasteiger partial charge in [-0.15, -0.1) is 0 Å². The monoisotopic (exact) mass is 401 g/mol. The molecule has 0 unspecified atom stereocenters. The first-order valence-corrected chi connectivity index (χ1v) is 10.3. The van der Waals surface area contributed by atoms with E-state index in [0.29, 0.717) is 11.3 Å². The number of aryl methyl sites for hydroxylation is 2. The molecule has 0 aliphatic carbocycles. The minimum atomic E-state index is -4.15. The van der Waals surface area contributed by atoms with Gasteiger partial charge in [0.2, 0.25) is 0 Å². The van der Waals surface area contributed by atoms with Crippen molar-refractivity contribution < 1.29 is 17.2 Å². The smallest absolute Gasteiger partial charge is 0.259 e. The Labute approximate surface area is 164 Å². The van der Waals surface area contributed by atoms with E-state index in [-0.39, 0.29) is 10.5 Å². The Morgan fingerprint density at radius 3 is 2.21 bits per heavy atom. The molecular weight excluding hydrogens is 380 g/mol. The molecule has 0 bridgehead atoms. The summed E-state index contributed by atoms with van der Waals surface area (Å²) >= 11 is 0. The fraction of sp³-hybridized carbons (Fsp3) is 0.182. The van der Waals surface area contributed by atoms with Gasteiger partial charge in [-0.1, -0.05) is 36.4 Å². The maximum absolute atomic E-state index is 14.4. The third-order valence-electron chi connectivity index (χ3n) is 4.66. The van der Waals surface area contributed by atoms with Crippen molar-refractivity contribution in [2.45, 2.75) is 31.7 Å². The number of sulfonamides is 1. The highest BCUT2D eigenvalue weighted by Crippen LogP contribution is 2.34.